The van der Waals surface area contributed by atoms with Gasteiger partial charge in [0, 0.05) is 17.1 Å². The van der Waals surface area contributed by atoms with Gasteiger partial charge in [0.2, 0.25) is 0 Å². The first-order valence-corrected chi connectivity index (χ1v) is 10.8. The monoisotopic (exact) mass is 356 g/mol. The first-order chi connectivity index (χ1) is 2.00. The van der Waals surface area contributed by atoms with Crippen molar-refractivity contribution in [3.8, 4) is 0 Å². The van der Waals surface area contributed by atoms with Crippen LogP contribution in [0.1, 0.15) is 0 Å². The second kappa shape index (κ2) is 29.5. The minimum atomic E-state index is 0. The number of rotatable bonds is 0. The fourth-order valence-corrected chi connectivity index (χ4v) is 0. The molecule has 0 amide bonds. The fraction of sp³-hybridized carbons (Fsp3) is 0. The molecule has 0 rings (SSSR count). The molecule has 0 aromatic carbocycles. The van der Waals surface area contributed by atoms with Gasteiger partial charge in [-0.05, 0) is 0 Å². The molecular weight excluding hydrogens is 356 g/mol. The summed E-state index contributed by atoms with van der Waals surface area (Å²) < 4.78 is 0. The summed E-state index contributed by atoms with van der Waals surface area (Å²) in [5.74, 6) is 0. The Morgan fingerprint density at radius 3 is 0.600 bits per heavy atom. The third-order valence-corrected chi connectivity index (χ3v) is 0. The number of hydrogen-bond acceptors (Lipinski definition) is 0. The summed E-state index contributed by atoms with van der Waals surface area (Å²) in [6, 6.07) is 0. The van der Waals surface area contributed by atoms with E-state index in [9.17, 15) is 0 Å². The molecule has 28 valence electrons. The van der Waals surface area contributed by atoms with Gasteiger partial charge in [-0.25, -0.2) is 0 Å². The van der Waals surface area contributed by atoms with E-state index in [0.717, 1.165) is 0 Å². The molecule has 0 aromatic rings. The minimum Gasteiger partial charge on any atom is 0 e. The van der Waals surface area contributed by atoms with E-state index in [2.05, 4.69) is 57.0 Å². The summed E-state index contributed by atoms with van der Waals surface area (Å²) >= 11 is 9.00. The quantitative estimate of drug-likeness (QED) is 0.463. The van der Waals surface area contributed by atoms with Crippen LogP contribution in [0.3, 0.4) is 0 Å². The van der Waals surface area contributed by atoms with Crippen molar-refractivity contribution in [2.75, 3.05) is 0 Å². The smallest absolute Gasteiger partial charge is 0 e. The Morgan fingerprint density at radius 2 is 0.600 bits per heavy atom. The standard InChI is InChI=1S/2As2.Fe/c2*1-2;. The molecule has 0 spiro atoms. The summed E-state index contributed by atoms with van der Waals surface area (Å²) in [6.45, 7) is 0. The third-order valence-electron chi connectivity index (χ3n) is 0. The van der Waals surface area contributed by atoms with Gasteiger partial charge in [-0.15, -0.1) is 0 Å². The molecule has 5 heteroatoms. The Morgan fingerprint density at radius 1 is 0.600 bits per heavy atom. The molecule has 5 heavy (non-hydrogen) atoms. The van der Waals surface area contributed by atoms with Gasteiger partial charge in [-0.2, -0.15) is 0 Å². The van der Waals surface area contributed by atoms with E-state index in [4.69, 9.17) is 0 Å². The van der Waals surface area contributed by atoms with Gasteiger partial charge in [0.25, 0.3) is 0 Å². The van der Waals surface area contributed by atoms with Crippen molar-refractivity contribution in [1.29, 1.82) is 0 Å². The summed E-state index contributed by atoms with van der Waals surface area (Å²) in [7, 11) is 0. The molecule has 0 aromatic heterocycles. The summed E-state index contributed by atoms with van der Waals surface area (Å²) in [4.78, 5) is 0. The van der Waals surface area contributed by atoms with Gasteiger partial charge < -0.3 is 0 Å². The maximum Gasteiger partial charge on any atom is 0 e. The Labute approximate surface area is 72.8 Å². The van der Waals surface area contributed by atoms with Crippen molar-refractivity contribution in [1.82, 2.24) is 0 Å². The molecule has 0 unspecified atom stereocenters. The minimum absolute atomic E-state index is 0. The first kappa shape index (κ1) is 15.7. The van der Waals surface area contributed by atoms with E-state index < -0.39 is 0 Å². The molecule has 0 aliphatic heterocycles. The molecule has 0 fully saturated rings. The zero-order chi connectivity index (χ0) is 4.00. The van der Waals surface area contributed by atoms with Crippen molar-refractivity contribution >= 4 is 57.0 Å². The van der Waals surface area contributed by atoms with Crippen LogP contribution in [0.2, 0.25) is 0 Å². The average Bonchev–Trinajstić information content (AvgIpc) is 1.50. The normalized spacial score (nSPS) is 1.60. The zero-order valence-electron chi connectivity index (χ0n) is 2.14. The molecule has 0 N–H and O–H groups in total. The van der Waals surface area contributed by atoms with Crippen molar-refractivity contribution in [3.05, 3.63) is 0 Å². The van der Waals surface area contributed by atoms with Gasteiger partial charge in [-0.3, -0.25) is 0 Å². The molecular formula is As4Fe. The molecule has 0 atom stereocenters. The van der Waals surface area contributed by atoms with Gasteiger partial charge in [-0.1, -0.05) is 0 Å². The molecule has 4 radical (unpaired) electrons. The average molecular weight is 356 g/mol. The molecule has 0 aliphatic rings. The molecule has 0 bridgehead atoms. The van der Waals surface area contributed by atoms with Gasteiger partial charge in [0.05, 0.1) is 0 Å². The van der Waals surface area contributed by atoms with Crippen LogP contribution in [0.25, 0.3) is 0 Å². The third kappa shape index (κ3) is 20.1. The Kier molecular flexibility index (Phi) is 92.3. The van der Waals surface area contributed by atoms with E-state index in [1.807, 2.05) is 0 Å². The SMILES string of the molecule is [As]=[As].[As]=[As].[Fe]. The fourth-order valence-electron chi connectivity index (χ4n) is 0. The Hall–Kier alpha value is 2.75. The van der Waals surface area contributed by atoms with Crippen LogP contribution < -0.4 is 0 Å². The summed E-state index contributed by atoms with van der Waals surface area (Å²) in [6.07, 6.45) is 0. The summed E-state index contributed by atoms with van der Waals surface area (Å²) in [5, 5.41) is 0. The zero-order valence-corrected chi connectivity index (χ0v) is 10.8. The predicted octanol–water partition coefficient (Wildman–Crippen LogP) is -1.53. The predicted molar refractivity (Wildman–Crippen MR) is 23.0 cm³/mol. The van der Waals surface area contributed by atoms with Crippen LogP contribution in [0.5, 0.6) is 0 Å². The van der Waals surface area contributed by atoms with Crippen LogP contribution in [-0.4, -0.2) is 57.0 Å². The molecule has 0 saturated carbocycles. The summed E-state index contributed by atoms with van der Waals surface area (Å²) in [5.41, 5.74) is 0. The van der Waals surface area contributed by atoms with Crippen molar-refractivity contribution in [2.45, 2.75) is 0 Å². The molecule has 0 nitrogen and oxygen atoms in total. The van der Waals surface area contributed by atoms with E-state index in [0.29, 0.717) is 0 Å². The Bertz CT molecular complexity index is 5.61. The molecule has 0 heterocycles. The molecule has 0 aliphatic carbocycles. The van der Waals surface area contributed by atoms with Gasteiger partial charge in [0.15, 0.2) is 0 Å². The topological polar surface area (TPSA) is 0 Å². The van der Waals surface area contributed by atoms with Crippen molar-refractivity contribution in [3.63, 3.8) is 0 Å². The van der Waals surface area contributed by atoms with Crippen LogP contribution in [0.4, 0.5) is 0 Å². The van der Waals surface area contributed by atoms with E-state index in [-0.39, 0.29) is 17.1 Å². The van der Waals surface area contributed by atoms with E-state index in [1.54, 1.807) is 0 Å². The maximum absolute atomic E-state index is 2.25. The maximum atomic E-state index is 2.25. The Balaban J connectivity index is -0.0000000133. The van der Waals surface area contributed by atoms with E-state index in [1.165, 1.54) is 0 Å². The van der Waals surface area contributed by atoms with Crippen LogP contribution >= 0.6 is 0 Å². The van der Waals surface area contributed by atoms with Gasteiger partial charge in [0.1, 0.15) is 0 Å². The number of hydrogen-bond donors (Lipinski definition) is 0. The largest absolute Gasteiger partial charge is 0 e. The molecule has 0 saturated heterocycles. The first-order valence-electron chi connectivity index (χ1n) is 0.400. The van der Waals surface area contributed by atoms with Crippen molar-refractivity contribution in [2.24, 2.45) is 0 Å². The van der Waals surface area contributed by atoms with Crippen LogP contribution in [-0.2, 0) is 17.1 Å². The van der Waals surface area contributed by atoms with Crippen LogP contribution in [0.15, 0.2) is 0 Å². The van der Waals surface area contributed by atoms with Crippen LogP contribution in [0, 0.1) is 0 Å². The van der Waals surface area contributed by atoms with Gasteiger partial charge >= 0.3 is 57.0 Å². The van der Waals surface area contributed by atoms with Crippen molar-refractivity contribution < 1.29 is 17.1 Å². The second-order valence-electron chi connectivity index (χ2n) is 0. The second-order valence-corrected chi connectivity index (χ2v) is 0. The van der Waals surface area contributed by atoms with E-state index >= 15 is 0 Å².